The smallest absolute Gasteiger partial charge is 0.247 e. The van der Waals surface area contributed by atoms with Gasteiger partial charge in [-0.15, -0.1) is 0 Å². The highest BCUT2D eigenvalue weighted by atomic mass is 35.5. The molecule has 0 bridgehead atoms. The highest BCUT2D eigenvalue weighted by Crippen LogP contribution is 2.18. The van der Waals surface area contributed by atoms with Crippen molar-refractivity contribution in [3.63, 3.8) is 0 Å². The Labute approximate surface area is 151 Å². The fraction of sp³-hybridized carbons (Fsp3) is 0.150. The van der Waals surface area contributed by atoms with Gasteiger partial charge in [-0.3, -0.25) is 4.79 Å². The molecule has 1 aromatic carbocycles. The number of halogens is 1. The maximum atomic E-state index is 12.6. The van der Waals surface area contributed by atoms with Crippen LogP contribution in [0.1, 0.15) is 22.6 Å². The Morgan fingerprint density at radius 1 is 1.08 bits per heavy atom. The Kier molecular flexibility index (Phi) is 5.41. The number of benzene rings is 1. The summed E-state index contributed by atoms with van der Waals surface area (Å²) in [5.74, 6) is 1.29. The Bertz CT molecular complexity index is 815. The van der Waals surface area contributed by atoms with Crippen molar-refractivity contribution in [2.75, 3.05) is 0 Å². The molecule has 0 unspecified atom stereocenters. The third-order valence-electron chi connectivity index (χ3n) is 3.78. The van der Waals surface area contributed by atoms with Crippen molar-refractivity contribution in [1.29, 1.82) is 0 Å². The third-order valence-corrected chi connectivity index (χ3v) is 4.19. The predicted molar refractivity (Wildman–Crippen MR) is 96.9 cm³/mol. The van der Waals surface area contributed by atoms with Crippen LogP contribution in [0.4, 0.5) is 0 Å². The lowest BCUT2D eigenvalue weighted by atomic mass is 10.1. The first-order valence-corrected chi connectivity index (χ1v) is 8.27. The van der Waals surface area contributed by atoms with Crippen LogP contribution in [0.3, 0.4) is 0 Å². The van der Waals surface area contributed by atoms with E-state index in [0.717, 1.165) is 11.1 Å². The van der Waals surface area contributed by atoms with Crippen LogP contribution in [-0.2, 0) is 17.9 Å². The Morgan fingerprint density at radius 2 is 1.72 bits per heavy atom. The molecule has 0 N–H and O–H groups in total. The molecular weight excluding hydrogens is 338 g/mol. The number of hydrogen-bond donors (Lipinski definition) is 0. The Balaban J connectivity index is 1.75. The van der Waals surface area contributed by atoms with Gasteiger partial charge in [0.2, 0.25) is 5.91 Å². The second kappa shape index (κ2) is 7.90. The lowest BCUT2D eigenvalue weighted by molar-refractivity contribution is -0.127. The first-order valence-electron chi connectivity index (χ1n) is 7.90. The molecule has 0 fully saturated rings. The zero-order valence-corrected chi connectivity index (χ0v) is 14.6. The van der Waals surface area contributed by atoms with Gasteiger partial charge in [-0.05, 0) is 54.5 Å². The number of carbonyl (C=O) groups is 1. The molecular formula is C20H18ClNO3. The van der Waals surface area contributed by atoms with Gasteiger partial charge in [0.25, 0.3) is 0 Å². The number of rotatable bonds is 6. The number of carbonyl (C=O) groups excluding carboxylic acids is 1. The van der Waals surface area contributed by atoms with Gasteiger partial charge in [0, 0.05) is 11.1 Å². The monoisotopic (exact) mass is 355 g/mol. The maximum Gasteiger partial charge on any atom is 0.247 e. The fourth-order valence-electron chi connectivity index (χ4n) is 2.38. The first-order chi connectivity index (χ1) is 12.1. The summed E-state index contributed by atoms with van der Waals surface area (Å²) in [4.78, 5) is 14.3. The normalized spacial score (nSPS) is 11.1. The molecule has 0 spiro atoms. The Morgan fingerprint density at radius 3 is 2.24 bits per heavy atom. The van der Waals surface area contributed by atoms with E-state index >= 15 is 0 Å². The van der Waals surface area contributed by atoms with Gasteiger partial charge in [0.1, 0.15) is 11.5 Å². The summed E-state index contributed by atoms with van der Waals surface area (Å²) < 4.78 is 10.7. The van der Waals surface area contributed by atoms with Crippen LogP contribution in [0.5, 0.6) is 0 Å². The highest BCUT2D eigenvalue weighted by Gasteiger charge is 2.15. The molecule has 0 radical (unpaired) electrons. The van der Waals surface area contributed by atoms with E-state index in [9.17, 15) is 4.79 Å². The number of furan rings is 2. The summed E-state index contributed by atoms with van der Waals surface area (Å²) in [5, 5.41) is 0.678. The molecule has 0 saturated carbocycles. The molecule has 5 heteroatoms. The molecule has 3 rings (SSSR count). The topological polar surface area (TPSA) is 46.6 Å². The third kappa shape index (κ3) is 4.64. The van der Waals surface area contributed by atoms with Crippen LogP contribution in [0.2, 0.25) is 5.02 Å². The van der Waals surface area contributed by atoms with Gasteiger partial charge in [-0.1, -0.05) is 23.7 Å². The number of aryl methyl sites for hydroxylation is 1. The summed E-state index contributed by atoms with van der Waals surface area (Å²) >= 11 is 6.13. The van der Waals surface area contributed by atoms with Crippen molar-refractivity contribution in [1.82, 2.24) is 4.90 Å². The van der Waals surface area contributed by atoms with E-state index in [0.29, 0.717) is 29.6 Å². The molecule has 0 atom stereocenters. The lowest BCUT2D eigenvalue weighted by Gasteiger charge is -2.18. The molecule has 2 aromatic heterocycles. The second-order valence-corrected chi connectivity index (χ2v) is 6.10. The van der Waals surface area contributed by atoms with E-state index in [2.05, 4.69) is 0 Å². The molecule has 25 heavy (non-hydrogen) atoms. The van der Waals surface area contributed by atoms with E-state index < -0.39 is 0 Å². The van der Waals surface area contributed by atoms with Crippen molar-refractivity contribution in [2.45, 2.75) is 20.0 Å². The number of hydrogen-bond acceptors (Lipinski definition) is 3. The molecule has 0 aliphatic rings. The molecule has 0 aliphatic heterocycles. The molecule has 4 nitrogen and oxygen atoms in total. The molecule has 3 aromatic rings. The van der Waals surface area contributed by atoms with Crippen LogP contribution in [0.15, 0.2) is 69.9 Å². The van der Waals surface area contributed by atoms with Crippen LogP contribution in [-0.4, -0.2) is 10.8 Å². The largest absolute Gasteiger partial charge is 0.467 e. The van der Waals surface area contributed by atoms with Crippen LogP contribution >= 0.6 is 11.6 Å². The van der Waals surface area contributed by atoms with Crippen LogP contribution < -0.4 is 0 Å². The van der Waals surface area contributed by atoms with Gasteiger partial charge in [0.05, 0.1) is 25.6 Å². The van der Waals surface area contributed by atoms with E-state index in [4.69, 9.17) is 20.4 Å². The van der Waals surface area contributed by atoms with E-state index in [-0.39, 0.29) is 5.91 Å². The number of amides is 1. The van der Waals surface area contributed by atoms with Crippen molar-refractivity contribution in [3.8, 4) is 0 Å². The summed E-state index contributed by atoms with van der Waals surface area (Å²) in [5.41, 5.74) is 1.88. The minimum atomic E-state index is -0.135. The first kappa shape index (κ1) is 17.1. The molecule has 0 saturated heterocycles. The SMILES string of the molecule is Cc1ccc(/C=C/C(=O)N(Cc2ccco2)Cc2ccco2)cc1Cl. The average molecular weight is 356 g/mol. The zero-order valence-electron chi connectivity index (χ0n) is 13.8. The second-order valence-electron chi connectivity index (χ2n) is 5.69. The molecule has 0 aliphatic carbocycles. The van der Waals surface area contributed by atoms with Crippen LogP contribution in [0.25, 0.3) is 6.08 Å². The van der Waals surface area contributed by atoms with Crippen LogP contribution in [0, 0.1) is 6.92 Å². The van der Waals surface area contributed by atoms with Gasteiger partial charge in [-0.25, -0.2) is 0 Å². The molecule has 128 valence electrons. The predicted octanol–water partition coefficient (Wildman–Crippen LogP) is 5.08. The Hall–Kier alpha value is -2.72. The van der Waals surface area contributed by atoms with Crippen molar-refractivity contribution in [3.05, 3.63) is 88.7 Å². The summed E-state index contributed by atoms with van der Waals surface area (Å²) in [6.45, 7) is 2.67. The van der Waals surface area contributed by atoms with Gasteiger partial charge < -0.3 is 13.7 Å². The standard InChI is InChI=1S/C20H18ClNO3/c1-15-6-7-16(12-19(15)21)8-9-20(23)22(13-17-4-2-10-24-17)14-18-5-3-11-25-18/h2-12H,13-14H2,1H3/b9-8+. The quantitative estimate of drug-likeness (QED) is 0.579. The van der Waals surface area contributed by atoms with Crippen molar-refractivity contribution < 1.29 is 13.6 Å². The van der Waals surface area contributed by atoms with Gasteiger partial charge in [-0.2, -0.15) is 0 Å². The van der Waals surface area contributed by atoms with Crippen molar-refractivity contribution >= 4 is 23.6 Å². The summed E-state index contributed by atoms with van der Waals surface area (Å²) in [6.07, 6.45) is 6.47. The maximum absolute atomic E-state index is 12.6. The lowest BCUT2D eigenvalue weighted by Crippen LogP contribution is -2.28. The van der Waals surface area contributed by atoms with Gasteiger partial charge in [0.15, 0.2) is 0 Å². The minimum absolute atomic E-state index is 0.135. The van der Waals surface area contributed by atoms with E-state index in [1.807, 2.05) is 37.3 Å². The van der Waals surface area contributed by atoms with Gasteiger partial charge >= 0.3 is 0 Å². The number of nitrogens with zero attached hydrogens (tertiary/aromatic N) is 1. The minimum Gasteiger partial charge on any atom is -0.467 e. The van der Waals surface area contributed by atoms with Crippen molar-refractivity contribution in [2.24, 2.45) is 0 Å². The zero-order chi connectivity index (χ0) is 17.6. The summed E-state index contributed by atoms with van der Waals surface area (Å²) in [6, 6.07) is 13.0. The molecule has 1 amide bonds. The van der Waals surface area contributed by atoms with E-state index in [1.165, 1.54) is 6.08 Å². The summed E-state index contributed by atoms with van der Waals surface area (Å²) in [7, 11) is 0. The van der Waals surface area contributed by atoms with E-state index in [1.54, 1.807) is 35.6 Å². The average Bonchev–Trinajstić information content (AvgIpc) is 3.29. The highest BCUT2D eigenvalue weighted by molar-refractivity contribution is 6.31. The fourth-order valence-corrected chi connectivity index (χ4v) is 2.57. The molecule has 2 heterocycles.